The molecule has 0 aromatic heterocycles. The first kappa shape index (κ1) is 18.7. The molecule has 23 heavy (non-hydrogen) atoms. The second kappa shape index (κ2) is 8.48. The van der Waals surface area contributed by atoms with E-state index < -0.39 is 5.60 Å². The molecule has 0 atom stereocenters. The van der Waals surface area contributed by atoms with E-state index in [1.807, 2.05) is 11.9 Å². The monoisotopic (exact) mass is 324 g/mol. The van der Waals surface area contributed by atoms with E-state index in [2.05, 4.69) is 18.7 Å². The van der Waals surface area contributed by atoms with Crippen LogP contribution < -0.4 is 0 Å². The molecule has 0 unspecified atom stereocenters. The fourth-order valence-electron chi connectivity index (χ4n) is 4.03. The van der Waals surface area contributed by atoms with Gasteiger partial charge >= 0.3 is 0 Å². The zero-order valence-electron chi connectivity index (χ0n) is 15.4. The van der Waals surface area contributed by atoms with Gasteiger partial charge in [0.25, 0.3) is 0 Å². The Labute approximate surface area is 142 Å². The molecule has 0 radical (unpaired) electrons. The van der Waals surface area contributed by atoms with Crippen LogP contribution in [0.1, 0.15) is 65.2 Å². The summed E-state index contributed by atoms with van der Waals surface area (Å²) < 4.78 is 0. The molecule has 2 rings (SSSR count). The Morgan fingerprint density at radius 1 is 1.22 bits per heavy atom. The first-order chi connectivity index (χ1) is 10.9. The first-order valence-corrected chi connectivity index (χ1v) is 9.63. The molecule has 1 saturated carbocycles. The molecule has 1 aliphatic heterocycles. The van der Waals surface area contributed by atoms with E-state index in [0.717, 1.165) is 83.5 Å². The van der Waals surface area contributed by atoms with Gasteiger partial charge in [0.1, 0.15) is 0 Å². The number of carbonyl (C=O) groups is 1. The number of rotatable bonds is 6. The topological polar surface area (TPSA) is 43.8 Å². The molecule has 1 saturated heterocycles. The van der Waals surface area contributed by atoms with Gasteiger partial charge in [-0.3, -0.25) is 4.79 Å². The Bertz CT molecular complexity index is 370. The van der Waals surface area contributed by atoms with Crippen molar-refractivity contribution in [3.8, 4) is 0 Å². The van der Waals surface area contributed by atoms with Crippen molar-refractivity contribution in [1.82, 2.24) is 9.80 Å². The van der Waals surface area contributed by atoms with Gasteiger partial charge in [0.15, 0.2) is 0 Å². The van der Waals surface area contributed by atoms with Gasteiger partial charge in [-0.15, -0.1) is 0 Å². The lowest BCUT2D eigenvalue weighted by Gasteiger charge is -2.41. The van der Waals surface area contributed by atoms with Crippen LogP contribution in [0.4, 0.5) is 0 Å². The Balaban J connectivity index is 1.74. The minimum Gasteiger partial charge on any atom is -0.389 e. The molecular formula is C19H36N2O2. The van der Waals surface area contributed by atoms with Gasteiger partial charge in [-0.2, -0.15) is 0 Å². The van der Waals surface area contributed by atoms with Crippen molar-refractivity contribution in [2.24, 2.45) is 11.8 Å². The molecule has 0 spiro atoms. The summed E-state index contributed by atoms with van der Waals surface area (Å²) in [6.07, 6.45) is 8.28. The molecule has 4 nitrogen and oxygen atoms in total. The predicted octanol–water partition coefficient (Wildman–Crippen LogP) is 2.90. The van der Waals surface area contributed by atoms with Crippen LogP contribution in [0.25, 0.3) is 0 Å². The molecule has 2 aliphatic rings. The van der Waals surface area contributed by atoms with Gasteiger partial charge in [0, 0.05) is 26.1 Å². The third-order valence-electron chi connectivity index (χ3n) is 5.88. The minimum atomic E-state index is -0.485. The number of nitrogens with zero attached hydrogens (tertiary/aromatic N) is 2. The van der Waals surface area contributed by atoms with E-state index >= 15 is 0 Å². The van der Waals surface area contributed by atoms with E-state index in [0.29, 0.717) is 5.91 Å². The highest BCUT2D eigenvalue weighted by molar-refractivity contribution is 5.78. The van der Waals surface area contributed by atoms with Crippen LogP contribution in [-0.4, -0.2) is 59.6 Å². The maximum Gasteiger partial charge on any atom is 0.225 e. The van der Waals surface area contributed by atoms with Gasteiger partial charge in [-0.1, -0.05) is 20.3 Å². The van der Waals surface area contributed by atoms with Crippen molar-refractivity contribution >= 4 is 5.91 Å². The third kappa shape index (κ3) is 5.46. The maximum atomic E-state index is 12.5. The number of carbonyl (C=O) groups excluding carboxylic acids is 1. The summed E-state index contributed by atoms with van der Waals surface area (Å²) in [7, 11) is 1.94. The summed E-state index contributed by atoms with van der Waals surface area (Å²) in [4.78, 5) is 16.8. The lowest BCUT2D eigenvalue weighted by atomic mass is 9.79. The zero-order valence-corrected chi connectivity index (χ0v) is 15.4. The number of hydrogen-bond acceptors (Lipinski definition) is 3. The fraction of sp³-hybridized carbons (Fsp3) is 0.947. The number of unbranched alkanes of at least 4 members (excludes halogenated alkanes) is 1. The number of likely N-dealkylation sites (tertiary alicyclic amines) is 1. The van der Waals surface area contributed by atoms with E-state index in [4.69, 9.17) is 0 Å². The summed E-state index contributed by atoms with van der Waals surface area (Å²) in [6, 6.07) is 0. The third-order valence-corrected chi connectivity index (χ3v) is 5.88. The van der Waals surface area contributed by atoms with Gasteiger partial charge in [0.2, 0.25) is 5.91 Å². The highest BCUT2D eigenvalue weighted by Crippen LogP contribution is 2.33. The van der Waals surface area contributed by atoms with Crippen molar-refractivity contribution in [3.63, 3.8) is 0 Å². The van der Waals surface area contributed by atoms with E-state index in [9.17, 15) is 9.90 Å². The van der Waals surface area contributed by atoms with Gasteiger partial charge in [0.05, 0.1) is 5.60 Å². The largest absolute Gasteiger partial charge is 0.389 e. The second-order valence-electron chi connectivity index (χ2n) is 8.07. The van der Waals surface area contributed by atoms with Crippen LogP contribution in [0.15, 0.2) is 0 Å². The fourth-order valence-corrected chi connectivity index (χ4v) is 4.03. The van der Waals surface area contributed by atoms with Crippen molar-refractivity contribution < 1.29 is 9.90 Å². The molecule has 1 heterocycles. The molecule has 134 valence electrons. The predicted molar refractivity (Wildman–Crippen MR) is 94.3 cm³/mol. The average molecular weight is 325 g/mol. The molecule has 1 aliphatic carbocycles. The summed E-state index contributed by atoms with van der Waals surface area (Å²) >= 11 is 0. The Hall–Kier alpha value is -0.610. The van der Waals surface area contributed by atoms with Crippen LogP contribution in [0, 0.1) is 11.8 Å². The smallest absolute Gasteiger partial charge is 0.225 e. The van der Waals surface area contributed by atoms with Crippen molar-refractivity contribution in [3.05, 3.63) is 0 Å². The second-order valence-corrected chi connectivity index (χ2v) is 8.07. The molecule has 0 aromatic rings. The molecule has 0 bridgehead atoms. The van der Waals surface area contributed by atoms with Crippen LogP contribution in [0.2, 0.25) is 0 Å². The molecule has 0 aromatic carbocycles. The lowest BCUT2D eigenvalue weighted by molar-refractivity contribution is -0.136. The van der Waals surface area contributed by atoms with Crippen LogP contribution in [-0.2, 0) is 4.79 Å². The van der Waals surface area contributed by atoms with Crippen molar-refractivity contribution in [2.45, 2.75) is 70.8 Å². The van der Waals surface area contributed by atoms with Crippen molar-refractivity contribution in [2.75, 3.05) is 33.2 Å². The van der Waals surface area contributed by atoms with Crippen molar-refractivity contribution in [1.29, 1.82) is 0 Å². The molecular weight excluding hydrogens is 288 g/mol. The summed E-state index contributed by atoms with van der Waals surface area (Å²) in [6.45, 7) is 8.03. The normalized spacial score (nSPS) is 30.3. The molecule has 2 fully saturated rings. The Morgan fingerprint density at radius 2 is 1.83 bits per heavy atom. The quantitative estimate of drug-likeness (QED) is 0.817. The zero-order chi connectivity index (χ0) is 16.9. The SMILES string of the molecule is CCCCN(C)C(=O)C1CCN(CC2(O)CCC(C)CC2)CC1. The van der Waals surface area contributed by atoms with Gasteiger partial charge in [-0.05, 0) is 64.0 Å². The van der Waals surface area contributed by atoms with Crippen LogP contribution >= 0.6 is 0 Å². The maximum absolute atomic E-state index is 12.5. The highest BCUT2D eigenvalue weighted by Gasteiger charge is 2.35. The van der Waals surface area contributed by atoms with E-state index in [1.54, 1.807) is 0 Å². The molecule has 4 heteroatoms. The lowest BCUT2D eigenvalue weighted by Crippen LogP contribution is -2.49. The average Bonchev–Trinajstić information content (AvgIpc) is 2.55. The van der Waals surface area contributed by atoms with E-state index in [-0.39, 0.29) is 5.92 Å². The number of aliphatic hydroxyl groups is 1. The van der Waals surface area contributed by atoms with Crippen LogP contribution in [0.3, 0.4) is 0 Å². The minimum absolute atomic E-state index is 0.189. The summed E-state index contributed by atoms with van der Waals surface area (Å²) in [5, 5.41) is 10.8. The number of β-amino-alcohol motifs (C(OH)–C–C–N with tert-alkyl or cyclic N) is 1. The Morgan fingerprint density at radius 3 is 2.39 bits per heavy atom. The number of hydrogen-bond donors (Lipinski definition) is 1. The highest BCUT2D eigenvalue weighted by atomic mass is 16.3. The van der Waals surface area contributed by atoms with Gasteiger partial charge in [-0.25, -0.2) is 0 Å². The van der Waals surface area contributed by atoms with Gasteiger partial charge < -0.3 is 14.9 Å². The standard InChI is InChI=1S/C19H36N2O2/c1-4-5-12-20(3)18(22)17-8-13-21(14-9-17)15-19(23)10-6-16(2)7-11-19/h16-17,23H,4-15H2,1-3H3. The summed E-state index contributed by atoms with van der Waals surface area (Å²) in [5.74, 6) is 1.27. The summed E-state index contributed by atoms with van der Waals surface area (Å²) in [5.41, 5.74) is -0.485. The van der Waals surface area contributed by atoms with E-state index in [1.165, 1.54) is 0 Å². The Kier molecular flexibility index (Phi) is 6.90. The molecule has 1 N–H and O–H groups in total. The van der Waals surface area contributed by atoms with Crippen LogP contribution in [0.5, 0.6) is 0 Å². The number of piperidine rings is 1. The molecule has 1 amide bonds. The number of amides is 1. The first-order valence-electron chi connectivity index (χ1n) is 9.63.